The quantitative estimate of drug-likeness (QED) is 0.437. The third kappa shape index (κ3) is 4.96. The van der Waals surface area contributed by atoms with Crippen LogP contribution in [0.5, 0.6) is 0 Å². The zero-order chi connectivity index (χ0) is 22.6. The Morgan fingerprint density at radius 3 is 2.85 bits per heavy atom. The maximum Gasteiger partial charge on any atom is 0.271 e. The van der Waals surface area contributed by atoms with Crippen LogP contribution >= 0.6 is 0 Å². The number of carbonyl (C=O) groups is 1. The molecule has 0 radical (unpaired) electrons. The first kappa shape index (κ1) is 21.4. The maximum absolute atomic E-state index is 12.8. The number of aryl methyl sites for hydroxylation is 1. The van der Waals surface area contributed by atoms with E-state index >= 15 is 0 Å². The summed E-state index contributed by atoms with van der Waals surface area (Å²) in [6, 6.07) is 8.10. The number of morpholine rings is 1. The monoisotopic (exact) mass is 449 g/mol. The molecule has 0 spiro atoms. The standard InChI is InChI=1S/C23H27N7O3/c1-16-3-2-4-17(11-16)12-24-28-20-14-30-13-19(23(31)25-18-5-8-33-15-18)26-21(30)22(27-20)29-6-9-32-10-7-29/h2-4,11-14,18,28H,5-10,15H2,1H3,(H,25,31)/b24-12+. The molecule has 4 heterocycles. The average molecular weight is 450 g/mol. The van der Waals surface area contributed by atoms with Gasteiger partial charge in [0.1, 0.15) is 5.69 Å². The maximum atomic E-state index is 12.8. The molecule has 0 bridgehead atoms. The van der Waals surface area contributed by atoms with Crippen molar-refractivity contribution < 1.29 is 14.3 Å². The van der Waals surface area contributed by atoms with Crippen LogP contribution in [0.25, 0.3) is 5.65 Å². The van der Waals surface area contributed by atoms with Crippen LogP contribution in [0.1, 0.15) is 28.0 Å². The lowest BCUT2D eigenvalue weighted by Gasteiger charge is -2.28. The third-order valence-electron chi connectivity index (χ3n) is 5.66. The van der Waals surface area contributed by atoms with Crippen molar-refractivity contribution in [3.05, 3.63) is 53.5 Å². The summed E-state index contributed by atoms with van der Waals surface area (Å²) in [4.78, 5) is 24.2. The summed E-state index contributed by atoms with van der Waals surface area (Å²) < 4.78 is 12.7. The van der Waals surface area contributed by atoms with E-state index < -0.39 is 0 Å². The van der Waals surface area contributed by atoms with Crippen molar-refractivity contribution in [2.24, 2.45) is 5.10 Å². The first-order valence-electron chi connectivity index (χ1n) is 11.1. The summed E-state index contributed by atoms with van der Waals surface area (Å²) in [5, 5.41) is 7.34. The number of fused-ring (bicyclic) bond motifs is 1. The summed E-state index contributed by atoms with van der Waals surface area (Å²) in [7, 11) is 0. The zero-order valence-corrected chi connectivity index (χ0v) is 18.5. The van der Waals surface area contributed by atoms with Gasteiger partial charge in [-0.15, -0.1) is 0 Å². The number of benzene rings is 1. The molecule has 10 nitrogen and oxygen atoms in total. The number of ether oxygens (including phenoxy) is 2. The first-order chi connectivity index (χ1) is 16.2. The van der Waals surface area contributed by atoms with Crippen molar-refractivity contribution in [3.8, 4) is 0 Å². The van der Waals surface area contributed by atoms with Crippen molar-refractivity contribution in [2.45, 2.75) is 19.4 Å². The Labute approximate surface area is 191 Å². The Morgan fingerprint density at radius 2 is 2.06 bits per heavy atom. The molecule has 2 saturated heterocycles. The van der Waals surface area contributed by atoms with Gasteiger partial charge in [-0.2, -0.15) is 5.10 Å². The smallest absolute Gasteiger partial charge is 0.271 e. The average Bonchev–Trinajstić information content (AvgIpc) is 3.49. The summed E-state index contributed by atoms with van der Waals surface area (Å²) in [5.41, 5.74) is 6.15. The summed E-state index contributed by atoms with van der Waals surface area (Å²) in [5.74, 6) is 1.04. The second-order valence-corrected chi connectivity index (χ2v) is 8.22. The molecule has 10 heteroatoms. The van der Waals surface area contributed by atoms with Gasteiger partial charge < -0.3 is 19.7 Å². The molecule has 172 valence electrons. The fourth-order valence-corrected chi connectivity index (χ4v) is 3.96. The fourth-order valence-electron chi connectivity index (χ4n) is 3.96. The predicted octanol–water partition coefficient (Wildman–Crippen LogP) is 1.84. The first-order valence-corrected chi connectivity index (χ1v) is 11.1. The van der Waals surface area contributed by atoms with E-state index in [0.717, 1.165) is 12.0 Å². The number of carbonyl (C=O) groups excluding carboxylic acids is 1. The molecule has 33 heavy (non-hydrogen) atoms. The van der Waals surface area contributed by atoms with Crippen LogP contribution in [-0.2, 0) is 9.47 Å². The summed E-state index contributed by atoms with van der Waals surface area (Å²) in [6.07, 6.45) is 6.08. The molecule has 2 aromatic heterocycles. The number of rotatable bonds is 6. The number of amides is 1. The van der Waals surface area contributed by atoms with Crippen LogP contribution in [-0.4, -0.2) is 72.0 Å². The molecule has 1 amide bonds. The number of nitrogens with one attached hydrogen (secondary N) is 2. The highest BCUT2D eigenvalue weighted by atomic mass is 16.5. The van der Waals surface area contributed by atoms with Gasteiger partial charge in [0, 0.05) is 25.9 Å². The van der Waals surface area contributed by atoms with Gasteiger partial charge >= 0.3 is 0 Å². The van der Waals surface area contributed by atoms with Crippen LogP contribution < -0.4 is 15.6 Å². The summed E-state index contributed by atoms with van der Waals surface area (Å²) >= 11 is 0. The SMILES string of the molecule is Cc1cccc(/C=N/Nc2cn3cc(C(=O)NC4CCOC4)nc3c(N3CCOCC3)n2)c1. The van der Waals surface area contributed by atoms with Crippen molar-refractivity contribution in [1.82, 2.24) is 19.7 Å². The van der Waals surface area contributed by atoms with Crippen LogP contribution in [0.15, 0.2) is 41.8 Å². The van der Waals surface area contributed by atoms with Crippen molar-refractivity contribution >= 4 is 29.4 Å². The van der Waals surface area contributed by atoms with E-state index in [9.17, 15) is 4.79 Å². The van der Waals surface area contributed by atoms with Crippen LogP contribution in [0.2, 0.25) is 0 Å². The van der Waals surface area contributed by atoms with Gasteiger partial charge in [-0.3, -0.25) is 14.6 Å². The number of hydrazone groups is 1. The van der Waals surface area contributed by atoms with Gasteiger partial charge in [0.25, 0.3) is 5.91 Å². The minimum atomic E-state index is -0.214. The van der Waals surface area contributed by atoms with Crippen molar-refractivity contribution in [3.63, 3.8) is 0 Å². The molecule has 0 saturated carbocycles. The Balaban J connectivity index is 1.43. The van der Waals surface area contributed by atoms with E-state index in [4.69, 9.17) is 14.5 Å². The number of hydrogen-bond donors (Lipinski definition) is 2. The lowest BCUT2D eigenvalue weighted by atomic mass is 10.2. The molecule has 2 aliphatic rings. The van der Waals surface area contributed by atoms with E-state index in [1.165, 1.54) is 5.56 Å². The molecule has 2 N–H and O–H groups in total. The molecular weight excluding hydrogens is 422 g/mol. The second-order valence-electron chi connectivity index (χ2n) is 8.22. The molecule has 2 aliphatic heterocycles. The van der Waals surface area contributed by atoms with E-state index in [0.29, 0.717) is 62.5 Å². The van der Waals surface area contributed by atoms with Crippen LogP contribution in [0, 0.1) is 6.92 Å². The molecule has 1 atom stereocenters. The second kappa shape index (κ2) is 9.55. The fraction of sp³-hybridized carbons (Fsp3) is 0.391. The lowest BCUT2D eigenvalue weighted by Crippen LogP contribution is -2.37. The van der Waals surface area contributed by atoms with Crippen LogP contribution in [0.4, 0.5) is 11.6 Å². The van der Waals surface area contributed by atoms with Gasteiger partial charge in [0.15, 0.2) is 17.3 Å². The Hall–Kier alpha value is -3.50. The number of imidazole rings is 1. The normalized spacial score (nSPS) is 18.8. The minimum absolute atomic E-state index is 0.0207. The van der Waals surface area contributed by atoms with Gasteiger partial charge in [-0.05, 0) is 18.9 Å². The largest absolute Gasteiger partial charge is 0.379 e. The predicted molar refractivity (Wildman–Crippen MR) is 125 cm³/mol. The van der Waals surface area contributed by atoms with Gasteiger partial charge in [0.05, 0.1) is 38.3 Å². The molecule has 0 aliphatic carbocycles. The highest BCUT2D eigenvalue weighted by Gasteiger charge is 2.23. The minimum Gasteiger partial charge on any atom is -0.379 e. The van der Waals surface area contributed by atoms with E-state index in [1.54, 1.807) is 18.6 Å². The van der Waals surface area contributed by atoms with Crippen LogP contribution in [0.3, 0.4) is 0 Å². The number of anilines is 2. The van der Waals surface area contributed by atoms with E-state index in [2.05, 4.69) is 31.8 Å². The Morgan fingerprint density at radius 1 is 1.18 bits per heavy atom. The number of hydrogen-bond acceptors (Lipinski definition) is 8. The molecule has 3 aromatic rings. The molecule has 1 aromatic carbocycles. The van der Waals surface area contributed by atoms with E-state index in [1.807, 2.05) is 29.5 Å². The van der Waals surface area contributed by atoms with Gasteiger partial charge in [0.2, 0.25) is 0 Å². The number of nitrogens with zero attached hydrogens (tertiary/aromatic N) is 5. The van der Waals surface area contributed by atoms with Gasteiger partial charge in [-0.25, -0.2) is 9.97 Å². The highest BCUT2D eigenvalue weighted by molar-refractivity contribution is 5.93. The van der Waals surface area contributed by atoms with Crippen molar-refractivity contribution in [1.29, 1.82) is 0 Å². The topological polar surface area (TPSA) is 105 Å². The molecule has 5 rings (SSSR count). The Kier molecular flexibility index (Phi) is 6.18. The summed E-state index contributed by atoms with van der Waals surface area (Å²) in [6.45, 7) is 5.88. The third-order valence-corrected chi connectivity index (χ3v) is 5.66. The van der Waals surface area contributed by atoms with Gasteiger partial charge in [-0.1, -0.05) is 29.8 Å². The molecule has 2 fully saturated rings. The zero-order valence-electron chi connectivity index (χ0n) is 18.5. The Bertz CT molecular complexity index is 1160. The molecule has 1 unspecified atom stereocenters. The highest BCUT2D eigenvalue weighted by Crippen LogP contribution is 2.23. The molecular formula is C23H27N7O3. The number of aromatic nitrogens is 3. The van der Waals surface area contributed by atoms with Crippen molar-refractivity contribution in [2.75, 3.05) is 49.8 Å². The lowest BCUT2D eigenvalue weighted by molar-refractivity contribution is 0.0925. The van der Waals surface area contributed by atoms with E-state index in [-0.39, 0.29) is 11.9 Å².